The molecule has 0 aliphatic heterocycles. The van der Waals surface area contributed by atoms with Crippen LogP contribution in [0.25, 0.3) is 0 Å². The summed E-state index contributed by atoms with van der Waals surface area (Å²) < 4.78 is 0. The molecule has 0 saturated heterocycles. The Kier molecular flexibility index (Phi) is 22.1. The van der Waals surface area contributed by atoms with Crippen LogP contribution in [0.15, 0.2) is 78.9 Å². The van der Waals surface area contributed by atoms with Crippen molar-refractivity contribution in [3.8, 4) is 0 Å². The molecule has 0 fully saturated rings. The minimum atomic E-state index is -0.597. The van der Waals surface area contributed by atoms with E-state index in [9.17, 15) is 0 Å². The zero-order chi connectivity index (χ0) is 33.7. The quantitative estimate of drug-likeness (QED) is 0.0459. The van der Waals surface area contributed by atoms with Crippen LogP contribution in [0, 0.1) is 0 Å². The predicted molar refractivity (Wildman–Crippen MR) is 214 cm³/mol. The Bertz CT molecular complexity index is 1250. The fourth-order valence-electron chi connectivity index (χ4n) is 6.92. The van der Waals surface area contributed by atoms with Crippen molar-refractivity contribution < 1.29 is 16.5 Å². The summed E-state index contributed by atoms with van der Waals surface area (Å²) in [5.74, 6) is 0. The number of hydrogen-bond donors (Lipinski definition) is 0. The Hall–Kier alpha value is -1.94. The van der Waals surface area contributed by atoms with E-state index in [0.29, 0.717) is 0 Å². The van der Waals surface area contributed by atoms with Gasteiger partial charge in [0, 0.05) is 16.5 Å². The molecule has 4 aromatic rings. The third-order valence-corrected chi connectivity index (χ3v) is 12.3. The standard InChI is InChI=1S/C41H62P.C5H5.Ni/c1-7-13-21-33-29-31-40(38(27-17-11-5)36(33)25-15-9-3)42(35-23-19-20-24-35)41-32-30-34(22-14-8-2)37(26-16-10-4)39(41)28-18-12-6;1-2-4-5-3-1;/h19-20,23-24,29-32H,7-18,21-22,25-28H2,1-6H3;1-5H;/q-1;-5;. The largest absolute Gasteiger partial charge is 0.748 e. The van der Waals surface area contributed by atoms with E-state index in [-0.39, 0.29) is 16.5 Å². The average Bonchev–Trinajstić information content (AvgIpc) is 3.86. The molecule has 48 heavy (non-hydrogen) atoms. The Labute approximate surface area is 308 Å². The Morgan fingerprint density at radius 2 is 0.750 bits per heavy atom. The van der Waals surface area contributed by atoms with Crippen molar-refractivity contribution in [3.05, 3.63) is 112 Å². The zero-order valence-electron chi connectivity index (χ0n) is 31.5. The fourth-order valence-corrected chi connectivity index (χ4v) is 9.68. The smallest absolute Gasteiger partial charge is 0 e. The number of rotatable bonds is 21. The molecule has 0 radical (unpaired) electrons. The third kappa shape index (κ3) is 12.7. The first-order valence-electron chi connectivity index (χ1n) is 19.6. The monoisotopic (exact) mass is 708 g/mol. The molecule has 0 atom stereocenters. The first-order valence-corrected chi connectivity index (χ1v) is 20.9. The van der Waals surface area contributed by atoms with Gasteiger partial charge in [0.25, 0.3) is 0 Å². The van der Waals surface area contributed by atoms with Crippen LogP contribution in [-0.4, -0.2) is 0 Å². The van der Waals surface area contributed by atoms with Gasteiger partial charge >= 0.3 is 0 Å². The van der Waals surface area contributed by atoms with Crippen molar-refractivity contribution in [1.82, 2.24) is 0 Å². The Morgan fingerprint density at radius 3 is 1.08 bits per heavy atom. The van der Waals surface area contributed by atoms with E-state index in [4.69, 9.17) is 0 Å². The topological polar surface area (TPSA) is 0 Å². The van der Waals surface area contributed by atoms with Gasteiger partial charge in [0.1, 0.15) is 0 Å². The first kappa shape index (κ1) is 42.2. The minimum Gasteiger partial charge on any atom is -0.748 e. The van der Waals surface area contributed by atoms with Crippen molar-refractivity contribution in [2.45, 2.75) is 157 Å². The number of benzene rings is 2. The van der Waals surface area contributed by atoms with E-state index in [2.05, 4.69) is 90.1 Å². The summed E-state index contributed by atoms with van der Waals surface area (Å²) in [5, 5.41) is 4.87. The molecule has 0 N–H and O–H groups in total. The molecule has 2 heteroatoms. The minimum absolute atomic E-state index is 0. The number of aryl methyl sites for hydroxylation is 2. The number of unbranched alkanes of at least 4 members (excludes halogenated alkanes) is 6. The normalized spacial score (nSPS) is 11.0. The van der Waals surface area contributed by atoms with E-state index in [1.165, 1.54) is 116 Å². The van der Waals surface area contributed by atoms with E-state index in [1.54, 1.807) is 49.3 Å². The van der Waals surface area contributed by atoms with Crippen LogP contribution in [-0.2, 0) is 55.0 Å². The molecule has 0 aliphatic carbocycles. The SMILES string of the molecule is CCCCc1ccc(P(c2ccc(CCCC)c(CCCC)c2CCCC)[c-]2cccc2)c(CCCC)c1CCCC.[Ni].[cH-]1[cH-][cH-][cH-][cH-]1. The molecule has 4 aromatic carbocycles. The summed E-state index contributed by atoms with van der Waals surface area (Å²) in [5.41, 5.74) is 10.2. The predicted octanol–water partition coefficient (Wildman–Crippen LogP) is 12.6. The van der Waals surface area contributed by atoms with Crippen LogP contribution in [0.2, 0.25) is 0 Å². The first-order chi connectivity index (χ1) is 23.1. The molecule has 0 nitrogen and oxygen atoms in total. The Morgan fingerprint density at radius 1 is 0.438 bits per heavy atom. The molecule has 4 rings (SSSR count). The van der Waals surface area contributed by atoms with Crippen LogP contribution in [0.4, 0.5) is 0 Å². The summed E-state index contributed by atoms with van der Waals surface area (Å²) in [6, 6.07) is 29.8. The summed E-state index contributed by atoms with van der Waals surface area (Å²) >= 11 is 0. The van der Waals surface area contributed by atoms with Gasteiger partial charge in [-0.15, -0.1) is 5.30 Å². The van der Waals surface area contributed by atoms with Gasteiger partial charge in [-0.1, -0.05) is 112 Å². The summed E-state index contributed by atoms with van der Waals surface area (Å²) in [7, 11) is -0.597. The van der Waals surface area contributed by atoms with Gasteiger partial charge in [0.15, 0.2) is 0 Å². The molecule has 0 unspecified atom stereocenters. The van der Waals surface area contributed by atoms with Crippen molar-refractivity contribution in [1.29, 1.82) is 0 Å². The molecule has 0 heterocycles. The maximum absolute atomic E-state index is 2.60. The van der Waals surface area contributed by atoms with Crippen molar-refractivity contribution in [2.24, 2.45) is 0 Å². The molecule has 0 aromatic heterocycles. The Balaban J connectivity index is 0.00000122. The summed E-state index contributed by atoms with van der Waals surface area (Å²) in [6.45, 7) is 14.1. The van der Waals surface area contributed by atoms with Crippen LogP contribution in [0.3, 0.4) is 0 Å². The van der Waals surface area contributed by atoms with Gasteiger partial charge in [0.2, 0.25) is 0 Å². The van der Waals surface area contributed by atoms with Crippen LogP contribution >= 0.6 is 7.92 Å². The van der Waals surface area contributed by atoms with Crippen molar-refractivity contribution >= 4 is 23.8 Å². The summed E-state index contributed by atoms with van der Waals surface area (Å²) in [6.07, 6.45) is 22.8. The van der Waals surface area contributed by atoms with Crippen LogP contribution < -0.4 is 15.9 Å². The van der Waals surface area contributed by atoms with Gasteiger partial charge in [-0.25, -0.2) is 12.1 Å². The molecule has 0 aliphatic rings. The number of hydrogen-bond acceptors (Lipinski definition) is 0. The van der Waals surface area contributed by atoms with Gasteiger partial charge < -0.3 is 30.3 Å². The molecular formula is C46H67NiP-6. The van der Waals surface area contributed by atoms with Crippen molar-refractivity contribution in [2.75, 3.05) is 0 Å². The van der Waals surface area contributed by atoms with Gasteiger partial charge in [-0.2, -0.15) is 12.1 Å². The second-order valence-electron chi connectivity index (χ2n) is 13.5. The molecular weight excluding hydrogens is 642 g/mol. The van der Waals surface area contributed by atoms with E-state index in [0.717, 1.165) is 0 Å². The maximum Gasteiger partial charge on any atom is 0 e. The van der Waals surface area contributed by atoms with Crippen LogP contribution in [0.5, 0.6) is 0 Å². The fraction of sp³-hybridized carbons (Fsp3) is 0.522. The molecule has 0 spiro atoms. The second-order valence-corrected chi connectivity index (χ2v) is 15.6. The van der Waals surface area contributed by atoms with E-state index < -0.39 is 7.92 Å². The zero-order valence-corrected chi connectivity index (χ0v) is 33.4. The second kappa shape index (κ2) is 25.1. The molecule has 0 saturated carbocycles. The van der Waals surface area contributed by atoms with Gasteiger partial charge in [-0.05, 0) is 121 Å². The third-order valence-electron chi connectivity index (χ3n) is 9.67. The average molecular weight is 710 g/mol. The molecule has 0 amide bonds. The molecule has 272 valence electrons. The maximum atomic E-state index is 2.60. The van der Waals surface area contributed by atoms with Gasteiger partial charge in [0.05, 0.1) is 0 Å². The van der Waals surface area contributed by atoms with E-state index >= 15 is 0 Å². The van der Waals surface area contributed by atoms with Crippen molar-refractivity contribution in [3.63, 3.8) is 0 Å². The van der Waals surface area contributed by atoms with Gasteiger partial charge in [-0.3, -0.25) is 0 Å². The molecule has 0 bridgehead atoms. The van der Waals surface area contributed by atoms with E-state index in [1.807, 2.05) is 30.3 Å². The summed E-state index contributed by atoms with van der Waals surface area (Å²) in [4.78, 5) is 0. The van der Waals surface area contributed by atoms with Crippen LogP contribution in [0.1, 0.15) is 152 Å².